The Morgan fingerprint density at radius 1 is 1.11 bits per heavy atom. The van der Waals surface area contributed by atoms with Crippen LogP contribution >= 0.6 is 23.2 Å². The fraction of sp³-hybridized carbons (Fsp3) is 0.227. The number of nitriles is 2. The maximum atomic E-state index is 12.8. The van der Waals surface area contributed by atoms with E-state index in [4.69, 9.17) is 23.2 Å². The van der Waals surface area contributed by atoms with Gasteiger partial charge in [0.1, 0.15) is 0 Å². The molecule has 2 aliphatic heterocycles. The van der Waals surface area contributed by atoms with Gasteiger partial charge in [0.05, 0.1) is 34.3 Å². The van der Waals surface area contributed by atoms with E-state index in [1.807, 2.05) is 41.3 Å². The number of benzene rings is 2. The number of carbonyl (C=O) groups excluding carboxylic acids is 1. The Balaban J connectivity index is 2.00. The summed E-state index contributed by atoms with van der Waals surface area (Å²) in [6, 6.07) is 16.0. The van der Waals surface area contributed by atoms with Gasteiger partial charge < -0.3 is 4.90 Å². The van der Waals surface area contributed by atoms with E-state index in [9.17, 15) is 15.3 Å². The molecule has 3 atom stereocenters. The first-order chi connectivity index (χ1) is 13.4. The van der Waals surface area contributed by atoms with Gasteiger partial charge in [0.2, 0.25) is 0 Å². The van der Waals surface area contributed by atoms with Crippen LogP contribution in [0.3, 0.4) is 0 Å². The minimum atomic E-state index is -1.45. The Bertz CT molecular complexity index is 1080. The number of ketones is 1. The van der Waals surface area contributed by atoms with E-state index < -0.39 is 23.4 Å². The quantitative estimate of drug-likeness (QED) is 0.703. The second kappa shape index (κ2) is 6.67. The van der Waals surface area contributed by atoms with Gasteiger partial charge >= 0.3 is 0 Å². The second-order valence-electron chi connectivity index (χ2n) is 7.07. The molecular formula is C22H15Cl2N3O. The molecule has 0 aromatic heterocycles. The van der Waals surface area contributed by atoms with E-state index in [1.165, 1.54) is 6.92 Å². The Hall–Kier alpha value is -2.79. The second-order valence-corrected chi connectivity index (χ2v) is 7.88. The molecule has 0 spiro atoms. The van der Waals surface area contributed by atoms with Crippen molar-refractivity contribution in [3.8, 4) is 12.1 Å². The number of fused-ring (bicyclic) bond motifs is 3. The summed E-state index contributed by atoms with van der Waals surface area (Å²) < 4.78 is 0. The summed E-state index contributed by atoms with van der Waals surface area (Å²) >= 11 is 12.3. The van der Waals surface area contributed by atoms with Crippen LogP contribution in [0, 0.1) is 28.1 Å². The number of para-hydroxylation sites is 1. The molecule has 1 saturated heterocycles. The summed E-state index contributed by atoms with van der Waals surface area (Å²) in [5.74, 6) is -0.783. The van der Waals surface area contributed by atoms with E-state index in [-0.39, 0.29) is 5.78 Å². The highest BCUT2D eigenvalue weighted by atomic mass is 35.5. The largest absolute Gasteiger partial charge is 0.351 e. The van der Waals surface area contributed by atoms with Crippen LogP contribution in [0.1, 0.15) is 24.0 Å². The lowest BCUT2D eigenvalue weighted by Gasteiger charge is -2.35. The van der Waals surface area contributed by atoms with Crippen molar-refractivity contribution in [3.63, 3.8) is 0 Å². The van der Waals surface area contributed by atoms with Crippen LogP contribution in [-0.4, -0.2) is 17.9 Å². The molecule has 2 heterocycles. The molecule has 0 bridgehead atoms. The van der Waals surface area contributed by atoms with Crippen LogP contribution in [0.2, 0.25) is 10.0 Å². The third-order valence-electron chi connectivity index (χ3n) is 5.63. The van der Waals surface area contributed by atoms with Gasteiger partial charge in [-0.25, -0.2) is 0 Å². The molecule has 4 rings (SSSR count). The molecule has 0 aliphatic carbocycles. The summed E-state index contributed by atoms with van der Waals surface area (Å²) in [4.78, 5) is 14.7. The topological polar surface area (TPSA) is 67.9 Å². The number of hydrogen-bond acceptors (Lipinski definition) is 4. The van der Waals surface area contributed by atoms with E-state index >= 15 is 0 Å². The minimum Gasteiger partial charge on any atom is -0.351 e. The number of carbonyl (C=O) groups is 1. The van der Waals surface area contributed by atoms with Crippen molar-refractivity contribution in [1.82, 2.24) is 0 Å². The number of Topliss-reactive ketones (excluding diaryl/α,β-unsaturated/α-hetero) is 1. The van der Waals surface area contributed by atoms with Crippen LogP contribution in [0.5, 0.6) is 0 Å². The molecule has 0 amide bonds. The third-order valence-corrected chi connectivity index (χ3v) is 6.37. The van der Waals surface area contributed by atoms with Crippen molar-refractivity contribution in [2.75, 3.05) is 4.90 Å². The SMILES string of the molecule is CC(=O)[C@@H]1[C@H](c2ccc(Cl)c(Cl)c2)C(C#N)(C#N)[C@@H]2C=Cc3ccccc3N12. The highest BCUT2D eigenvalue weighted by Gasteiger charge is 2.62. The van der Waals surface area contributed by atoms with E-state index in [2.05, 4.69) is 12.1 Å². The lowest BCUT2D eigenvalue weighted by Crippen LogP contribution is -2.43. The van der Waals surface area contributed by atoms with Crippen LogP contribution in [0.15, 0.2) is 48.5 Å². The van der Waals surface area contributed by atoms with Crippen molar-refractivity contribution in [1.29, 1.82) is 10.5 Å². The Kier molecular flexibility index (Phi) is 4.42. The molecule has 1 fully saturated rings. The van der Waals surface area contributed by atoms with Crippen LogP contribution in [-0.2, 0) is 4.79 Å². The summed E-state index contributed by atoms with van der Waals surface area (Å²) in [5.41, 5.74) is 0.993. The molecule has 2 aromatic carbocycles. The van der Waals surface area contributed by atoms with Gasteiger partial charge in [-0.3, -0.25) is 4.79 Å². The first kappa shape index (κ1) is 18.6. The van der Waals surface area contributed by atoms with Crippen molar-refractivity contribution in [3.05, 3.63) is 69.7 Å². The van der Waals surface area contributed by atoms with Gasteiger partial charge in [-0.1, -0.05) is 59.6 Å². The first-order valence-electron chi connectivity index (χ1n) is 8.78. The average Bonchev–Trinajstić information content (AvgIpc) is 3.01. The van der Waals surface area contributed by atoms with Crippen molar-refractivity contribution in [2.24, 2.45) is 5.41 Å². The van der Waals surface area contributed by atoms with Gasteiger partial charge in [0.15, 0.2) is 11.2 Å². The molecule has 2 aliphatic rings. The Labute approximate surface area is 173 Å². The summed E-state index contributed by atoms with van der Waals surface area (Å²) in [5, 5.41) is 21.0. The zero-order chi connectivity index (χ0) is 20.1. The lowest BCUT2D eigenvalue weighted by molar-refractivity contribution is -0.118. The molecule has 0 unspecified atom stereocenters. The van der Waals surface area contributed by atoms with Crippen LogP contribution in [0.25, 0.3) is 6.08 Å². The summed E-state index contributed by atoms with van der Waals surface area (Å²) in [7, 11) is 0. The predicted molar refractivity (Wildman–Crippen MR) is 109 cm³/mol. The molecule has 28 heavy (non-hydrogen) atoms. The fourth-order valence-electron chi connectivity index (χ4n) is 4.47. The summed E-state index contributed by atoms with van der Waals surface area (Å²) in [6.45, 7) is 1.50. The fourth-order valence-corrected chi connectivity index (χ4v) is 4.77. The van der Waals surface area contributed by atoms with Crippen LogP contribution in [0.4, 0.5) is 5.69 Å². The maximum Gasteiger partial charge on any atom is 0.176 e. The van der Waals surface area contributed by atoms with E-state index in [0.29, 0.717) is 15.6 Å². The summed E-state index contributed by atoms with van der Waals surface area (Å²) in [6.07, 6.45) is 3.76. The van der Waals surface area contributed by atoms with Gasteiger partial charge in [0, 0.05) is 11.6 Å². The molecule has 0 N–H and O–H groups in total. The van der Waals surface area contributed by atoms with Crippen molar-refractivity contribution >= 4 is 40.7 Å². The lowest BCUT2D eigenvalue weighted by atomic mass is 9.69. The standard InChI is InChI=1S/C22H15Cl2N3O/c1-13(28)21-20(15-6-8-16(23)17(24)10-15)22(11-25,12-26)19-9-7-14-4-2-3-5-18(14)27(19)21/h2-10,19-21H,1H3/t19-,20-,21+/m0/s1. The molecule has 0 saturated carbocycles. The Morgan fingerprint density at radius 2 is 1.82 bits per heavy atom. The molecule has 4 nitrogen and oxygen atoms in total. The maximum absolute atomic E-state index is 12.8. The van der Waals surface area contributed by atoms with Crippen LogP contribution < -0.4 is 4.90 Å². The molecule has 138 valence electrons. The Morgan fingerprint density at radius 3 is 2.46 bits per heavy atom. The van der Waals surface area contributed by atoms with Gasteiger partial charge in [-0.05, 0) is 36.2 Å². The van der Waals surface area contributed by atoms with Gasteiger partial charge in [-0.15, -0.1) is 0 Å². The van der Waals surface area contributed by atoms with E-state index in [0.717, 1.165) is 11.3 Å². The zero-order valence-corrected chi connectivity index (χ0v) is 16.4. The highest BCUT2D eigenvalue weighted by Crippen LogP contribution is 2.55. The number of rotatable bonds is 2. The number of hydrogen-bond donors (Lipinski definition) is 0. The smallest absolute Gasteiger partial charge is 0.176 e. The molecule has 0 radical (unpaired) electrons. The number of anilines is 1. The van der Waals surface area contributed by atoms with Gasteiger partial charge in [-0.2, -0.15) is 10.5 Å². The molecule has 2 aromatic rings. The molecule has 6 heteroatoms. The normalized spacial score (nSPS) is 24.0. The predicted octanol–water partition coefficient (Wildman–Crippen LogP) is 4.98. The average molecular weight is 408 g/mol. The van der Waals surface area contributed by atoms with Crippen molar-refractivity contribution < 1.29 is 4.79 Å². The van der Waals surface area contributed by atoms with Crippen molar-refractivity contribution in [2.45, 2.75) is 24.9 Å². The van der Waals surface area contributed by atoms with Gasteiger partial charge in [0.25, 0.3) is 0 Å². The highest BCUT2D eigenvalue weighted by molar-refractivity contribution is 6.42. The minimum absolute atomic E-state index is 0.112. The molecular weight excluding hydrogens is 393 g/mol. The zero-order valence-electron chi connectivity index (χ0n) is 14.9. The third kappa shape index (κ3) is 2.46. The monoisotopic (exact) mass is 407 g/mol. The number of halogens is 2. The first-order valence-corrected chi connectivity index (χ1v) is 9.53. The van der Waals surface area contributed by atoms with E-state index in [1.54, 1.807) is 18.2 Å². The number of nitrogens with zero attached hydrogens (tertiary/aromatic N) is 3.